The fourth-order valence-corrected chi connectivity index (χ4v) is 2.38. The Morgan fingerprint density at radius 1 is 1.38 bits per heavy atom. The van der Waals surface area contributed by atoms with Crippen LogP contribution in [0.4, 0.5) is 4.39 Å². The molecule has 3 heteroatoms. The molecule has 1 aliphatic heterocycles. The molecule has 1 aromatic carbocycles. The topological polar surface area (TPSA) is 24.1 Å². The highest BCUT2D eigenvalue weighted by Gasteiger charge is 2.25. The van der Waals surface area contributed by atoms with Crippen molar-refractivity contribution in [2.24, 2.45) is 0 Å². The molecule has 1 atom stereocenters. The SMILES string of the molecule is Fc1ccc2c(c1)C(CNC1CC1)CNC2. The minimum absolute atomic E-state index is 0.114. The molecule has 1 aliphatic carbocycles. The average Bonchev–Trinajstić information content (AvgIpc) is 3.10. The Morgan fingerprint density at radius 2 is 2.25 bits per heavy atom. The smallest absolute Gasteiger partial charge is 0.123 e. The summed E-state index contributed by atoms with van der Waals surface area (Å²) in [5.41, 5.74) is 2.43. The van der Waals surface area contributed by atoms with Crippen LogP contribution in [0.5, 0.6) is 0 Å². The maximum Gasteiger partial charge on any atom is 0.123 e. The maximum atomic E-state index is 13.2. The molecule has 1 saturated carbocycles. The molecule has 3 rings (SSSR count). The first-order chi connectivity index (χ1) is 7.83. The van der Waals surface area contributed by atoms with E-state index in [1.807, 2.05) is 6.07 Å². The maximum absolute atomic E-state index is 13.2. The van der Waals surface area contributed by atoms with E-state index in [4.69, 9.17) is 0 Å². The molecule has 0 amide bonds. The lowest BCUT2D eigenvalue weighted by atomic mass is 9.90. The number of halogens is 1. The van der Waals surface area contributed by atoms with Gasteiger partial charge in [0.25, 0.3) is 0 Å². The summed E-state index contributed by atoms with van der Waals surface area (Å²) in [6.07, 6.45) is 2.60. The minimum atomic E-state index is -0.114. The highest BCUT2D eigenvalue weighted by Crippen LogP contribution is 2.26. The third-order valence-electron chi connectivity index (χ3n) is 3.48. The van der Waals surface area contributed by atoms with Crippen LogP contribution in [0.2, 0.25) is 0 Å². The van der Waals surface area contributed by atoms with Gasteiger partial charge in [-0.05, 0) is 36.1 Å². The molecule has 0 bridgehead atoms. The van der Waals surface area contributed by atoms with Gasteiger partial charge in [0.15, 0.2) is 0 Å². The van der Waals surface area contributed by atoms with Crippen molar-refractivity contribution >= 4 is 0 Å². The number of hydrogen-bond donors (Lipinski definition) is 2. The quantitative estimate of drug-likeness (QED) is 0.811. The first kappa shape index (κ1) is 10.2. The van der Waals surface area contributed by atoms with E-state index < -0.39 is 0 Å². The van der Waals surface area contributed by atoms with Crippen molar-refractivity contribution in [3.05, 3.63) is 35.1 Å². The number of rotatable bonds is 3. The van der Waals surface area contributed by atoms with Gasteiger partial charge in [0.1, 0.15) is 5.82 Å². The Bertz CT molecular complexity index is 388. The zero-order valence-electron chi connectivity index (χ0n) is 9.30. The molecular weight excluding hydrogens is 203 g/mol. The fraction of sp³-hybridized carbons (Fsp3) is 0.538. The van der Waals surface area contributed by atoms with E-state index in [1.54, 1.807) is 12.1 Å². The average molecular weight is 220 g/mol. The lowest BCUT2D eigenvalue weighted by Crippen LogP contribution is -2.35. The van der Waals surface area contributed by atoms with Gasteiger partial charge < -0.3 is 10.6 Å². The lowest BCUT2D eigenvalue weighted by Gasteiger charge is -2.26. The van der Waals surface area contributed by atoms with Crippen LogP contribution in [0.3, 0.4) is 0 Å². The van der Waals surface area contributed by atoms with E-state index in [-0.39, 0.29) is 5.82 Å². The van der Waals surface area contributed by atoms with Gasteiger partial charge in [0, 0.05) is 31.6 Å². The van der Waals surface area contributed by atoms with Gasteiger partial charge in [-0.15, -0.1) is 0 Å². The van der Waals surface area contributed by atoms with Gasteiger partial charge in [-0.3, -0.25) is 0 Å². The van der Waals surface area contributed by atoms with E-state index in [0.29, 0.717) is 5.92 Å². The molecule has 1 heterocycles. The summed E-state index contributed by atoms with van der Waals surface area (Å²) in [5.74, 6) is 0.303. The summed E-state index contributed by atoms with van der Waals surface area (Å²) >= 11 is 0. The van der Waals surface area contributed by atoms with Crippen LogP contribution in [-0.4, -0.2) is 19.1 Å². The van der Waals surface area contributed by atoms with Crippen molar-refractivity contribution in [3.8, 4) is 0 Å². The van der Waals surface area contributed by atoms with Crippen LogP contribution < -0.4 is 10.6 Å². The Morgan fingerprint density at radius 3 is 3.06 bits per heavy atom. The molecule has 0 radical (unpaired) electrons. The summed E-state index contributed by atoms with van der Waals surface area (Å²) in [5, 5.41) is 6.92. The summed E-state index contributed by atoms with van der Waals surface area (Å²) < 4.78 is 13.2. The van der Waals surface area contributed by atoms with Crippen molar-refractivity contribution in [2.75, 3.05) is 13.1 Å². The van der Waals surface area contributed by atoms with E-state index in [9.17, 15) is 4.39 Å². The highest BCUT2D eigenvalue weighted by atomic mass is 19.1. The molecule has 2 aliphatic rings. The van der Waals surface area contributed by atoms with Crippen molar-refractivity contribution in [3.63, 3.8) is 0 Å². The molecule has 16 heavy (non-hydrogen) atoms. The fourth-order valence-electron chi connectivity index (χ4n) is 2.38. The van der Waals surface area contributed by atoms with Crippen molar-refractivity contribution in [1.82, 2.24) is 10.6 Å². The molecule has 0 aromatic heterocycles. The summed E-state index contributed by atoms with van der Waals surface area (Å²) in [6, 6.07) is 5.88. The van der Waals surface area contributed by atoms with Crippen LogP contribution in [0.1, 0.15) is 29.9 Å². The molecule has 0 saturated heterocycles. The van der Waals surface area contributed by atoms with Crippen LogP contribution in [0, 0.1) is 5.82 Å². The molecule has 1 fully saturated rings. The number of benzene rings is 1. The first-order valence-corrected chi connectivity index (χ1v) is 6.05. The summed E-state index contributed by atoms with van der Waals surface area (Å²) in [7, 11) is 0. The zero-order chi connectivity index (χ0) is 11.0. The first-order valence-electron chi connectivity index (χ1n) is 6.05. The Hall–Kier alpha value is -0.930. The molecule has 86 valence electrons. The number of fused-ring (bicyclic) bond motifs is 1. The van der Waals surface area contributed by atoms with Crippen LogP contribution in [0.25, 0.3) is 0 Å². The third-order valence-corrected chi connectivity index (χ3v) is 3.48. The highest BCUT2D eigenvalue weighted by molar-refractivity contribution is 5.33. The molecule has 1 aromatic rings. The van der Waals surface area contributed by atoms with E-state index >= 15 is 0 Å². The van der Waals surface area contributed by atoms with E-state index in [2.05, 4.69) is 10.6 Å². The number of nitrogens with one attached hydrogen (secondary N) is 2. The largest absolute Gasteiger partial charge is 0.313 e. The second kappa shape index (κ2) is 4.15. The standard InChI is InChI=1S/C13H17FN2/c14-11-2-1-9-6-15-7-10(13(9)5-11)8-16-12-3-4-12/h1-2,5,10,12,15-16H,3-4,6-8H2. The molecule has 2 N–H and O–H groups in total. The van der Waals surface area contributed by atoms with Crippen molar-refractivity contribution < 1.29 is 4.39 Å². The van der Waals surface area contributed by atoms with Gasteiger partial charge in [0.2, 0.25) is 0 Å². The van der Waals surface area contributed by atoms with Crippen LogP contribution >= 0.6 is 0 Å². The van der Waals surface area contributed by atoms with Crippen LogP contribution in [-0.2, 0) is 6.54 Å². The monoisotopic (exact) mass is 220 g/mol. The predicted octanol–water partition coefficient (Wildman–Crippen LogP) is 1.76. The van der Waals surface area contributed by atoms with Gasteiger partial charge >= 0.3 is 0 Å². The minimum Gasteiger partial charge on any atom is -0.313 e. The van der Waals surface area contributed by atoms with Crippen molar-refractivity contribution in [2.45, 2.75) is 31.3 Å². The third kappa shape index (κ3) is 2.11. The normalized spacial score (nSPS) is 24.2. The van der Waals surface area contributed by atoms with E-state index in [0.717, 1.165) is 25.7 Å². The summed E-state index contributed by atoms with van der Waals surface area (Å²) in [4.78, 5) is 0. The molecule has 2 nitrogen and oxygen atoms in total. The van der Waals surface area contributed by atoms with Gasteiger partial charge in [0.05, 0.1) is 0 Å². The van der Waals surface area contributed by atoms with Gasteiger partial charge in [-0.2, -0.15) is 0 Å². The number of hydrogen-bond acceptors (Lipinski definition) is 2. The predicted molar refractivity (Wildman–Crippen MR) is 61.9 cm³/mol. The molecule has 1 unspecified atom stereocenters. The van der Waals surface area contributed by atoms with Gasteiger partial charge in [-0.1, -0.05) is 6.07 Å². The zero-order valence-corrected chi connectivity index (χ0v) is 9.30. The second-order valence-electron chi connectivity index (χ2n) is 4.85. The molecule has 0 spiro atoms. The lowest BCUT2D eigenvalue weighted by molar-refractivity contribution is 0.497. The van der Waals surface area contributed by atoms with Crippen LogP contribution in [0.15, 0.2) is 18.2 Å². The Kier molecular flexibility index (Phi) is 2.65. The van der Waals surface area contributed by atoms with Gasteiger partial charge in [-0.25, -0.2) is 4.39 Å². The Balaban J connectivity index is 1.77. The van der Waals surface area contributed by atoms with Crippen molar-refractivity contribution in [1.29, 1.82) is 0 Å². The Labute approximate surface area is 95.2 Å². The molecular formula is C13H17FN2. The second-order valence-corrected chi connectivity index (χ2v) is 4.85. The van der Waals surface area contributed by atoms with E-state index in [1.165, 1.54) is 24.0 Å². The summed E-state index contributed by atoms with van der Waals surface area (Å²) in [6.45, 7) is 2.79.